The lowest BCUT2D eigenvalue weighted by Crippen LogP contribution is -2.56. The second-order valence-corrected chi connectivity index (χ2v) is 9.00. The molecule has 2 nitrogen and oxygen atoms in total. The van der Waals surface area contributed by atoms with Crippen LogP contribution in [0, 0.1) is 0 Å². The SMILES string of the molecule is CCCCCCCC[N+](C)(C)C[N+](C)(C)CCCCCCCC. The van der Waals surface area contributed by atoms with Crippen molar-refractivity contribution < 1.29 is 8.97 Å². The Hall–Kier alpha value is -0.0800. The van der Waals surface area contributed by atoms with E-state index in [2.05, 4.69) is 42.0 Å². The summed E-state index contributed by atoms with van der Waals surface area (Å²) >= 11 is 0. The van der Waals surface area contributed by atoms with Crippen molar-refractivity contribution in [3.05, 3.63) is 0 Å². The van der Waals surface area contributed by atoms with Crippen LogP contribution in [0.5, 0.6) is 0 Å². The van der Waals surface area contributed by atoms with Gasteiger partial charge >= 0.3 is 0 Å². The van der Waals surface area contributed by atoms with Gasteiger partial charge in [-0.3, -0.25) is 8.97 Å². The Kier molecular flexibility index (Phi) is 13.2. The first-order valence-electron chi connectivity index (χ1n) is 10.5. The average Bonchev–Trinajstić information content (AvgIpc) is 2.45. The maximum absolute atomic E-state index is 2.42. The van der Waals surface area contributed by atoms with E-state index < -0.39 is 0 Å². The predicted molar refractivity (Wildman–Crippen MR) is 106 cm³/mol. The van der Waals surface area contributed by atoms with Crippen LogP contribution in [0.2, 0.25) is 0 Å². The van der Waals surface area contributed by atoms with Crippen molar-refractivity contribution in [3.8, 4) is 0 Å². The van der Waals surface area contributed by atoms with Crippen molar-refractivity contribution in [1.29, 1.82) is 0 Å². The molecule has 0 radical (unpaired) electrons. The molecule has 0 rings (SSSR count). The Morgan fingerprint density at radius 1 is 0.435 bits per heavy atom. The molecule has 0 aromatic rings. The van der Waals surface area contributed by atoms with Crippen LogP contribution in [-0.4, -0.2) is 56.9 Å². The minimum atomic E-state index is 1.18. The average molecular weight is 329 g/mol. The van der Waals surface area contributed by atoms with Gasteiger partial charge in [-0.1, -0.05) is 65.2 Å². The third-order valence-corrected chi connectivity index (χ3v) is 5.00. The first-order valence-corrected chi connectivity index (χ1v) is 10.5. The van der Waals surface area contributed by atoms with Gasteiger partial charge in [0.1, 0.15) is 0 Å². The second kappa shape index (κ2) is 13.2. The third kappa shape index (κ3) is 15.2. The minimum absolute atomic E-state index is 1.18. The molecule has 0 aliphatic heterocycles. The molecule has 0 heterocycles. The molecule has 140 valence electrons. The highest BCUT2D eigenvalue weighted by molar-refractivity contribution is 4.45. The largest absolute Gasteiger partial charge is 0.282 e. The Labute approximate surface area is 148 Å². The first kappa shape index (κ1) is 22.9. The van der Waals surface area contributed by atoms with Gasteiger partial charge in [0.05, 0.1) is 41.3 Å². The number of unbranched alkanes of at least 4 members (excludes halogenated alkanes) is 10. The molecule has 0 aromatic heterocycles. The highest BCUT2D eigenvalue weighted by atomic mass is 15.5. The summed E-state index contributed by atoms with van der Waals surface area (Å²) in [7, 11) is 9.70. The molecule has 0 fully saturated rings. The van der Waals surface area contributed by atoms with Crippen LogP contribution in [0.25, 0.3) is 0 Å². The van der Waals surface area contributed by atoms with Gasteiger partial charge in [0.2, 0.25) is 6.67 Å². The molecule has 0 aromatic carbocycles. The molecule has 23 heavy (non-hydrogen) atoms. The lowest BCUT2D eigenvalue weighted by Gasteiger charge is -2.39. The van der Waals surface area contributed by atoms with Crippen LogP contribution in [0.3, 0.4) is 0 Å². The molecular weight excluding hydrogens is 280 g/mol. The van der Waals surface area contributed by atoms with E-state index in [1.807, 2.05) is 0 Å². The summed E-state index contributed by atoms with van der Waals surface area (Å²) in [5.41, 5.74) is 0. The number of rotatable bonds is 16. The van der Waals surface area contributed by atoms with Crippen molar-refractivity contribution >= 4 is 0 Å². The van der Waals surface area contributed by atoms with Gasteiger partial charge in [0, 0.05) is 0 Å². The standard InChI is InChI=1S/C21H48N2/c1-7-9-11-13-15-17-19-22(3,4)21-23(5,6)20-18-16-14-12-10-8-2/h7-21H2,1-6H3/q+2. The van der Waals surface area contributed by atoms with Gasteiger partial charge in [0.15, 0.2) is 0 Å². The lowest BCUT2D eigenvalue weighted by atomic mass is 10.1. The highest BCUT2D eigenvalue weighted by Gasteiger charge is 2.26. The van der Waals surface area contributed by atoms with Crippen LogP contribution in [0.1, 0.15) is 90.9 Å². The van der Waals surface area contributed by atoms with Crippen LogP contribution < -0.4 is 0 Å². The first-order chi connectivity index (χ1) is 10.8. The summed E-state index contributed by atoms with van der Waals surface area (Å²) in [5, 5.41) is 0. The molecule has 0 N–H and O–H groups in total. The van der Waals surface area contributed by atoms with E-state index in [0.29, 0.717) is 0 Å². The molecule has 2 heteroatoms. The summed E-state index contributed by atoms with van der Waals surface area (Å²) in [6.45, 7) is 8.53. The Morgan fingerprint density at radius 3 is 1.09 bits per heavy atom. The smallest absolute Gasteiger partial charge is 0.206 e. The molecule has 0 aliphatic carbocycles. The summed E-state index contributed by atoms with van der Waals surface area (Å²) in [6, 6.07) is 0. The quantitative estimate of drug-likeness (QED) is 0.190. The van der Waals surface area contributed by atoms with Gasteiger partial charge in [-0.05, 0) is 25.7 Å². The monoisotopic (exact) mass is 328 g/mol. The van der Waals surface area contributed by atoms with Crippen molar-refractivity contribution in [1.82, 2.24) is 0 Å². The highest BCUT2D eigenvalue weighted by Crippen LogP contribution is 2.13. The normalized spacial score (nSPS) is 12.8. The number of nitrogens with zero attached hydrogens (tertiary/aromatic N) is 2. The Morgan fingerprint density at radius 2 is 0.739 bits per heavy atom. The van der Waals surface area contributed by atoms with Crippen molar-refractivity contribution in [2.24, 2.45) is 0 Å². The fourth-order valence-electron chi connectivity index (χ4n) is 3.82. The van der Waals surface area contributed by atoms with Gasteiger partial charge in [0.25, 0.3) is 0 Å². The maximum Gasteiger partial charge on any atom is 0.206 e. The number of hydrogen-bond acceptors (Lipinski definition) is 0. The third-order valence-electron chi connectivity index (χ3n) is 5.00. The Bertz CT molecular complexity index is 233. The van der Waals surface area contributed by atoms with Gasteiger partial charge in [-0.25, -0.2) is 0 Å². The van der Waals surface area contributed by atoms with Crippen molar-refractivity contribution in [2.75, 3.05) is 47.9 Å². The van der Waals surface area contributed by atoms with Crippen LogP contribution in [-0.2, 0) is 0 Å². The van der Waals surface area contributed by atoms with Crippen LogP contribution >= 0.6 is 0 Å². The fraction of sp³-hybridized carbons (Fsp3) is 1.00. The number of hydrogen-bond donors (Lipinski definition) is 0. The van der Waals surface area contributed by atoms with E-state index in [9.17, 15) is 0 Å². The molecule has 0 atom stereocenters. The molecule has 0 aliphatic rings. The molecule has 0 bridgehead atoms. The van der Waals surface area contributed by atoms with E-state index >= 15 is 0 Å². The van der Waals surface area contributed by atoms with Gasteiger partial charge in [-0.15, -0.1) is 0 Å². The van der Waals surface area contributed by atoms with E-state index in [1.165, 1.54) is 106 Å². The molecule has 0 saturated heterocycles. The molecule has 0 amide bonds. The summed E-state index contributed by atoms with van der Waals surface area (Å²) in [6.07, 6.45) is 16.9. The summed E-state index contributed by atoms with van der Waals surface area (Å²) in [5.74, 6) is 0. The van der Waals surface area contributed by atoms with Crippen LogP contribution in [0.4, 0.5) is 0 Å². The minimum Gasteiger partial charge on any atom is -0.282 e. The van der Waals surface area contributed by atoms with E-state index in [1.54, 1.807) is 0 Å². The van der Waals surface area contributed by atoms with Gasteiger partial charge < -0.3 is 0 Å². The number of quaternary nitrogens is 2. The van der Waals surface area contributed by atoms with E-state index in [-0.39, 0.29) is 0 Å². The van der Waals surface area contributed by atoms with Crippen molar-refractivity contribution in [3.63, 3.8) is 0 Å². The van der Waals surface area contributed by atoms with Crippen molar-refractivity contribution in [2.45, 2.75) is 90.9 Å². The molecule has 0 unspecified atom stereocenters. The topological polar surface area (TPSA) is 0 Å². The summed E-state index contributed by atoms with van der Waals surface area (Å²) < 4.78 is 2.35. The van der Waals surface area contributed by atoms with Gasteiger partial charge in [-0.2, -0.15) is 0 Å². The van der Waals surface area contributed by atoms with E-state index in [4.69, 9.17) is 0 Å². The molecular formula is C21H48N2+2. The van der Waals surface area contributed by atoms with E-state index in [0.717, 1.165) is 0 Å². The lowest BCUT2D eigenvalue weighted by molar-refractivity contribution is -1.07. The van der Waals surface area contributed by atoms with Crippen LogP contribution in [0.15, 0.2) is 0 Å². The summed E-state index contributed by atoms with van der Waals surface area (Å²) in [4.78, 5) is 0. The zero-order valence-electron chi connectivity index (χ0n) is 17.5. The fourth-order valence-corrected chi connectivity index (χ4v) is 3.82. The zero-order chi connectivity index (χ0) is 17.6. The zero-order valence-corrected chi connectivity index (χ0v) is 17.5. The molecule has 0 saturated carbocycles. The second-order valence-electron chi connectivity index (χ2n) is 9.00. The Balaban J connectivity index is 3.82. The predicted octanol–water partition coefficient (Wildman–Crippen LogP) is 5.82. The maximum atomic E-state index is 2.42. The molecule has 0 spiro atoms.